The molecule has 1 aliphatic heterocycles. The predicted molar refractivity (Wildman–Crippen MR) is 102 cm³/mol. The molecule has 2 aromatic rings. The van der Waals surface area contributed by atoms with Crippen LogP contribution in [0.4, 0.5) is 0 Å². The van der Waals surface area contributed by atoms with Gasteiger partial charge in [0.05, 0.1) is 13.2 Å². The Labute approximate surface area is 159 Å². The van der Waals surface area contributed by atoms with Gasteiger partial charge in [0.25, 0.3) is 0 Å². The summed E-state index contributed by atoms with van der Waals surface area (Å²) in [6.45, 7) is 1.64. The Bertz CT molecular complexity index is 606. The largest absolute Gasteiger partial charge is 0.352 e. The summed E-state index contributed by atoms with van der Waals surface area (Å²) in [5.41, 5.74) is 2.30. The molecule has 0 bridgehead atoms. The molecule has 0 aliphatic carbocycles. The van der Waals surface area contributed by atoms with Crippen molar-refractivity contribution in [3.8, 4) is 0 Å². The highest BCUT2D eigenvalue weighted by Crippen LogP contribution is 2.15. The maximum Gasteiger partial charge on any atom is 0.161 e. The zero-order valence-corrected chi connectivity index (χ0v) is 16.5. The molecular weight excluding hydrogens is 436 g/mol. The zero-order valence-electron chi connectivity index (χ0n) is 13.3. The third-order valence-corrected chi connectivity index (χ3v) is 4.50. The minimum Gasteiger partial charge on any atom is -0.352 e. The Morgan fingerprint density at radius 2 is 1.38 bits per heavy atom. The third kappa shape index (κ3) is 7.26. The first-order valence-corrected chi connectivity index (χ1v) is 9.41. The number of benzene rings is 2. The highest BCUT2D eigenvalue weighted by Gasteiger charge is 2.14. The van der Waals surface area contributed by atoms with E-state index in [0.29, 0.717) is 6.42 Å². The van der Waals surface area contributed by atoms with Crippen LogP contribution in [0.2, 0.25) is 0 Å². The van der Waals surface area contributed by atoms with Crippen LogP contribution in [0.1, 0.15) is 17.5 Å². The summed E-state index contributed by atoms with van der Waals surface area (Å²) in [5.74, 6) is 0. The molecule has 0 aromatic heterocycles. The van der Waals surface area contributed by atoms with Gasteiger partial charge in [0.1, 0.15) is 6.29 Å². The number of halogens is 2. The molecule has 0 spiro atoms. The van der Waals surface area contributed by atoms with Crippen LogP contribution in [-0.2, 0) is 27.1 Å². The number of aldehydes is 1. The van der Waals surface area contributed by atoms with E-state index in [-0.39, 0.29) is 6.29 Å². The number of carbonyl (C=O) groups excluding carboxylic acids is 1. The second-order valence-electron chi connectivity index (χ2n) is 5.35. The number of ether oxygens (including phenoxy) is 2. The number of rotatable bonds is 4. The molecule has 0 radical (unpaired) electrons. The fourth-order valence-corrected chi connectivity index (χ4v) is 2.71. The normalized spacial score (nSPS) is 14.6. The van der Waals surface area contributed by atoms with E-state index in [1.165, 1.54) is 5.56 Å². The summed E-state index contributed by atoms with van der Waals surface area (Å²) in [6, 6.07) is 16.0. The number of hydrogen-bond acceptors (Lipinski definition) is 3. The molecule has 1 aliphatic rings. The summed E-state index contributed by atoms with van der Waals surface area (Å²) < 4.78 is 13.1. The Kier molecular flexibility index (Phi) is 8.67. The van der Waals surface area contributed by atoms with Gasteiger partial charge in [-0.15, -0.1) is 0 Å². The van der Waals surface area contributed by atoms with Crippen molar-refractivity contribution in [1.82, 2.24) is 0 Å². The van der Waals surface area contributed by atoms with Crippen molar-refractivity contribution in [1.29, 1.82) is 0 Å². The second kappa shape index (κ2) is 10.8. The number of carbonyl (C=O) groups is 1. The Balaban J connectivity index is 0.000000185. The Morgan fingerprint density at radius 3 is 1.88 bits per heavy atom. The van der Waals surface area contributed by atoms with E-state index in [1.54, 1.807) is 0 Å². The Morgan fingerprint density at radius 1 is 0.875 bits per heavy atom. The van der Waals surface area contributed by atoms with Gasteiger partial charge in [-0.25, -0.2) is 0 Å². The van der Waals surface area contributed by atoms with Crippen LogP contribution in [-0.4, -0.2) is 25.8 Å². The van der Waals surface area contributed by atoms with Gasteiger partial charge in [-0.2, -0.15) is 0 Å². The van der Waals surface area contributed by atoms with E-state index in [1.807, 2.05) is 36.4 Å². The van der Waals surface area contributed by atoms with Crippen molar-refractivity contribution in [2.24, 2.45) is 0 Å². The lowest BCUT2D eigenvalue weighted by atomic mass is 10.1. The molecule has 0 unspecified atom stereocenters. The lowest BCUT2D eigenvalue weighted by Crippen LogP contribution is -2.26. The molecule has 1 fully saturated rings. The molecule has 1 heterocycles. The molecule has 3 rings (SSSR count). The van der Waals surface area contributed by atoms with Gasteiger partial charge >= 0.3 is 0 Å². The minimum atomic E-state index is -0.0510. The predicted octanol–water partition coefficient (Wildman–Crippen LogP) is 4.95. The molecule has 3 nitrogen and oxygen atoms in total. The average Bonchev–Trinajstić information content (AvgIpc) is 2.61. The smallest absolute Gasteiger partial charge is 0.161 e. The quantitative estimate of drug-likeness (QED) is 0.612. The van der Waals surface area contributed by atoms with Gasteiger partial charge < -0.3 is 14.3 Å². The first kappa shape index (κ1) is 19.3. The van der Waals surface area contributed by atoms with Crippen molar-refractivity contribution < 1.29 is 14.3 Å². The van der Waals surface area contributed by atoms with Crippen LogP contribution in [0.25, 0.3) is 0 Å². The highest BCUT2D eigenvalue weighted by molar-refractivity contribution is 9.10. The lowest BCUT2D eigenvalue weighted by molar-refractivity contribution is -0.176. The molecule has 0 saturated carbocycles. The molecule has 5 heteroatoms. The van der Waals surface area contributed by atoms with E-state index in [4.69, 9.17) is 9.47 Å². The molecule has 128 valence electrons. The Hall–Kier alpha value is -1.01. The lowest BCUT2D eigenvalue weighted by Gasteiger charge is -2.23. The van der Waals surface area contributed by atoms with Crippen LogP contribution in [0, 0.1) is 0 Å². The van der Waals surface area contributed by atoms with Gasteiger partial charge in [0.2, 0.25) is 0 Å². The SMILES string of the molecule is Brc1ccc(CC2OCCCO2)cc1.O=CCc1ccc(Br)cc1. The average molecular weight is 456 g/mol. The molecule has 0 atom stereocenters. The van der Waals surface area contributed by atoms with Gasteiger partial charge in [0.15, 0.2) is 6.29 Å². The molecular formula is C19H20Br2O3. The fourth-order valence-electron chi connectivity index (χ4n) is 2.18. The van der Waals surface area contributed by atoms with E-state index < -0.39 is 0 Å². The van der Waals surface area contributed by atoms with Gasteiger partial charge in [-0.05, 0) is 41.8 Å². The molecule has 0 N–H and O–H groups in total. The third-order valence-electron chi connectivity index (χ3n) is 3.44. The van der Waals surface area contributed by atoms with Gasteiger partial charge in [-0.3, -0.25) is 0 Å². The summed E-state index contributed by atoms with van der Waals surface area (Å²) in [7, 11) is 0. The molecule has 2 aromatic carbocycles. The zero-order chi connectivity index (χ0) is 17.2. The molecule has 24 heavy (non-hydrogen) atoms. The maximum atomic E-state index is 10.0. The van der Waals surface area contributed by atoms with E-state index >= 15 is 0 Å². The van der Waals surface area contributed by atoms with E-state index in [2.05, 4.69) is 44.0 Å². The first-order valence-electron chi connectivity index (χ1n) is 7.83. The minimum absolute atomic E-state index is 0.0510. The van der Waals surface area contributed by atoms with E-state index in [0.717, 1.165) is 46.9 Å². The summed E-state index contributed by atoms with van der Waals surface area (Å²) in [6.07, 6.45) is 3.21. The van der Waals surface area contributed by atoms with Crippen LogP contribution >= 0.6 is 31.9 Å². The maximum absolute atomic E-state index is 10.0. The topological polar surface area (TPSA) is 35.5 Å². The first-order chi connectivity index (χ1) is 11.7. The van der Waals surface area contributed by atoms with Crippen molar-refractivity contribution in [3.05, 3.63) is 68.6 Å². The van der Waals surface area contributed by atoms with E-state index in [9.17, 15) is 4.79 Å². The van der Waals surface area contributed by atoms with Crippen LogP contribution in [0.3, 0.4) is 0 Å². The van der Waals surface area contributed by atoms with Crippen molar-refractivity contribution in [2.75, 3.05) is 13.2 Å². The van der Waals surface area contributed by atoms with Crippen molar-refractivity contribution in [2.45, 2.75) is 25.6 Å². The van der Waals surface area contributed by atoms with Crippen LogP contribution in [0.15, 0.2) is 57.5 Å². The summed E-state index contributed by atoms with van der Waals surface area (Å²) in [4.78, 5) is 10.0. The van der Waals surface area contributed by atoms with Gasteiger partial charge in [0, 0.05) is 21.8 Å². The fraction of sp³-hybridized carbons (Fsp3) is 0.316. The van der Waals surface area contributed by atoms with Crippen molar-refractivity contribution >= 4 is 38.1 Å². The summed E-state index contributed by atoms with van der Waals surface area (Å²) in [5, 5.41) is 0. The standard InChI is InChI=1S/C11H13BrO2.C8H7BrO/c12-10-4-2-9(3-5-10)8-11-13-6-1-7-14-11;9-8-3-1-7(2-4-8)5-6-10/h2-5,11H,1,6-8H2;1-4,6H,5H2. The number of hydrogen-bond donors (Lipinski definition) is 0. The monoisotopic (exact) mass is 454 g/mol. The van der Waals surface area contributed by atoms with Crippen LogP contribution in [0.5, 0.6) is 0 Å². The molecule has 1 saturated heterocycles. The van der Waals surface area contributed by atoms with Crippen molar-refractivity contribution in [3.63, 3.8) is 0 Å². The highest BCUT2D eigenvalue weighted by atomic mass is 79.9. The second-order valence-corrected chi connectivity index (χ2v) is 7.18. The molecule has 0 amide bonds. The van der Waals surface area contributed by atoms with Crippen LogP contribution < -0.4 is 0 Å². The summed E-state index contributed by atoms with van der Waals surface area (Å²) >= 11 is 6.72. The van der Waals surface area contributed by atoms with Gasteiger partial charge in [-0.1, -0.05) is 56.1 Å².